The van der Waals surface area contributed by atoms with Crippen LogP contribution in [-0.4, -0.2) is 46.6 Å². The van der Waals surface area contributed by atoms with Crippen LogP contribution in [0.2, 0.25) is 0 Å². The molecule has 0 aliphatic rings. The molecule has 0 spiro atoms. The third-order valence-corrected chi connectivity index (χ3v) is 7.16. The van der Waals surface area contributed by atoms with Crippen LogP contribution < -0.4 is 0 Å². The van der Waals surface area contributed by atoms with Crippen molar-refractivity contribution < 1.29 is 16.8 Å². The molecule has 0 heterocycles. The van der Waals surface area contributed by atoms with Crippen molar-refractivity contribution >= 4 is 20.0 Å². The van der Waals surface area contributed by atoms with Crippen LogP contribution >= 0.6 is 0 Å². The van der Waals surface area contributed by atoms with Gasteiger partial charge < -0.3 is 0 Å². The van der Waals surface area contributed by atoms with Crippen LogP contribution in [0.15, 0.2) is 64.4 Å². The summed E-state index contributed by atoms with van der Waals surface area (Å²) in [6.45, 7) is 0.0774. The van der Waals surface area contributed by atoms with Gasteiger partial charge in [-0.1, -0.05) is 30.3 Å². The average Bonchev–Trinajstić information content (AvgIpc) is 2.55. The van der Waals surface area contributed by atoms with E-state index in [9.17, 15) is 16.8 Å². The van der Waals surface area contributed by atoms with Crippen LogP contribution in [0.1, 0.15) is 5.56 Å². The predicted octanol–water partition coefficient (Wildman–Crippen LogP) is 1.76. The fourth-order valence-corrected chi connectivity index (χ4v) is 4.28. The van der Waals surface area contributed by atoms with Crippen LogP contribution in [-0.2, 0) is 26.6 Å². The number of nitrogens with zero attached hydrogens (tertiary/aromatic N) is 2. The maximum Gasteiger partial charge on any atom is 0.243 e. The van der Waals surface area contributed by atoms with Crippen LogP contribution in [0, 0.1) is 0 Å². The molecule has 0 bridgehead atoms. The normalized spacial score (nSPS) is 12.7. The lowest BCUT2D eigenvalue weighted by molar-refractivity contribution is 0.466. The SMILES string of the molecule is CN(C)S(=O)(=O)c1cccc(CN(C)S(=O)(=O)c2ccccc2)c1. The molecule has 0 fully saturated rings. The fourth-order valence-electron chi connectivity index (χ4n) is 2.13. The smallest absolute Gasteiger partial charge is 0.207 e. The minimum absolute atomic E-state index is 0.0774. The summed E-state index contributed by atoms with van der Waals surface area (Å²) in [4.78, 5) is 0.333. The lowest BCUT2D eigenvalue weighted by Gasteiger charge is -2.18. The third kappa shape index (κ3) is 3.84. The Morgan fingerprint density at radius 2 is 1.33 bits per heavy atom. The van der Waals surface area contributed by atoms with E-state index in [4.69, 9.17) is 0 Å². The Kier molecular flexibility index (Phi) is 5.44. The lowest BCUT2D eigenvalue weighted by Crippen LogP contribution is -2.27. The van der Waals surface area contributed by atoms with Gasteiger partial charge in [0.1, 0.15) is 0 Å². The van der Waals surface area contributed by atoms with Crippen LogP contribution in [0.25, 0.3) is 0 Å². The Morgan fingerprint density at radius 3 is 1.92 bits per heavy atom. The molecule has 0 aromatic heterocycles. The van der Waals surface area contributed by atoms with E-state index in [1.165, 1.54) is 49.7 Å². The Hall–Kier alpha value is -1.74. The average molecular weight is 368 g/mol. The fraction of sp³-hybridized carbons (Fsp3) is 0.250. The highest BCUT2D eigenvalue weighted by atomic mass is 32.2. The number of hydrogen-bond donors (Lipinski definition) is 0. The van der Waals surface area contributed by atoms with Crippen LogP contribution in [0.3, 0.4) is 0 Å². The van der Waals surface area contributed by atoms with Gasteiger partial charge in [-0.2, -0.15) is 4.31 Å². The second kappa shape index (κ2) is 7.02. The second-order valence-electron chi connectivity index (χ2n) is 5.51. The topological polar surface area (TPSA) is 74.8 Å². The van der Waals surface area contributed by atoms with Gasteiger partial charge in [0.05, 0.1) is 9.79 Å². The quantitative estimate of drug-likeness (QED) is 0.779. The van der Waals surface area contributed by atoms with E-state index in [0.717, 1.165) is 4.31 Å². The van der Waals surface area contributed by atoms with Gasteiger partial charge in [-0.25, -0.2) is 21.1 Å². The van der Waals surface area contributed by atoms with E-state index in [1.54, 1.807) is 30.3 Å². The Labute approximate surface area is 143 Å². The summed E-state index contributed by atoms with van der Waals surface area (Å²) in [5.74, 6) is 0. The molecule has 24 heavy (non-hydrogen) atoms. The summed E-state index contributed by atoms with van der Waals surface area (Å²) in [6, 6.07) is 14.4. The molecule has 0 unspecified atom stereocenters. The molecule has 0 saturated carbocycles. The lowest BCUT2D eigenvalue weighted by atomic mass is 10.2. The molecule has 2 aromatic carbocycles. The first kappa shape index (κ1) is 18.6. The van der Waals surface area contributed by atoms with Crippen molar-refractivity contribution in [2.24, 2.45) is 0 Å². The molecule has 2 aromatic rings. The first-order valence-corrected chi connectivity index (χ1v) is 10.1. The molecule has 2 rings (SSSR count). The number of benzene rings is 2. The molecule has 0 aliphatic heterocycles. The van der Waals surface area contributed by atoms with Crippen molar-refractivity contribution in [1.82, 2.24) is 8.61 Å². The Balaban J connectivity index is 2.29. The molecular weight excluding hydrogens is 348 g/mol. The molecular formula is C16H20N2O4S2. The van der Waals surface area contributed by atoms with Crippen molar-refractivity contribution in [2.75, 3.05) is 21.1 Å². The minimum Gasteiger partial charge on any atom is -0.207 e. The summed E-state index contributed by atoms with van der Waals surface area (Å²) >= 11 is 0. The summed E-state index contributed by atoms with van der Waals surface area (Å²) in [5, 5.41) is 0. The van der Waals surface area contributed by atoms with Gasteiger partial charge in [-0.05, 0) is 29.8 Å². The van der Waals surface area contributed by atoms with E-state index in [-0.39, 0.29) is 16.3 Å². The minimum atomic E-state index is -3.63. The maximum atomic E-state index is 12.5. The van der Waals surface area contributed by atoms with E-state index >= 15 is 0 Å². The van der Waals surface area contributed by atoms with Gasteiger partial charge in [0.15, 0.2) is 0 Å². The summed E-state index contributed by atoms with van der Waals surface area (Å²) in [7, 11) is -2.81. The van der Waals surface area contributed by atoms with Gasteiger partial charge in [0.2, 0.25) is 20.0 Å². The Morgan fingerprint density at radius 1 is 0.750 bits per heavy atom. The van der Waals surface area contributed by atoms with Crippen molar-refractivity contribution in [3.05, 3.63) is 60.2 Å². The van der Waals surface area contributed by atoms with Crippen LogP contribution in [0.4, 0.5) is 0 Å². The van der Waals surface area contributed by atoms with E-state index in [2.05, 4.69) is 0 Å². The third-order valence-electron chi connectivity index (χ3n) is 3.53. The number of hydrogen-bond acceptors (Lipinski definition) is 4. The van der Waals surface area contributed by atoms with Gasteiger partial charge in [0.25, 0.3) is 0 Å². The molecule has 8 heteroatoms. The van der Waals surface area contributed by atoms with Crippen LogP contribution in [0.5, 0.6) is 0 Å². The largest absolute Gasteiger partial charge is 0.243 e. The monoisotopic (exact) mass is 368 g/mol. The molecule has 0 amide bonds. The summed E-state index contributed by atoms with van der Waals surface area (Å²) in [5.41, 5.74) is 0.597. The van der Waals surface area contributed by atoms with Gasteiger partial charge in [0, 0.05) is 27.7 Å². The Bertz CT molecular complexity index is 908. The first-order valence-electron chi connectivity index (χ1n) is 7.18. The predicted molar refractivity (Wildman–Crippen MR) is 92.4 cm³/mol. The van der Waals surface area contributed by atoms with Crippen molar-refractivity contribution in [3.8, 4) is 0 Å². The zero-order chi connectivity index (χ0) is 18.0. The van der Waals surface area contributed by atoms with Gasteiger partial charge >= 0.3 is 0 Å². The highest BCUT2D eigenvalue weighted by Crippen LogP contribution is 2.19. The van der Waals surface area contributed by atoms with E-state index in [0.29, 0.717) is 5.56 Å². The standard InChI is InChI=1S/C16H20N2O4S2/c1-17(2)23(19,20)16-11-7-8-14(12-16)13-18(3)24(21,22)15-9-5-4-6-10-15/h4-12H,13H2,1-3H3. The summed E-state index contributed by atoms with van der Waals surface area (Å²) in [6.07, 6.45) is 0. The zero-order valence-electron chi connectivity index (χ0n) is 13.7. The zero-order valence-corrected chi connectivity index (χ0v) is 15.4. The number of rotatable bonds is 6. The molecule has 0 N–H and O–H groups in total. The van der Waals surface area contributed by atoms with E-state index < -0.39 is 20.0 Å². The number of sulfonamides is 2. The highest BCUT2D eigenvalue weighted by Gasteiger charge is 2.22. The maximum absolute atomic E-state index is 12.5. The van der Waals surface area contributed by atoms with Gasteiger partial charge in [-0.3, -0.25) is 0 Å². The summed E-state index contributed by atoms with van der Waals surface area (Å²) < 4.78 is 51.7. The molecule has 0 saturated heterocycles. The molecule has 0 aliphatic carbocycles. The molecule has 130 valence electrons. The highest BCUT2D eigenvalue weighted by molar-refractivity contribution is 7.89. The van der Waals surface area contributed by atoms with E-state index in [1.807, 2.05) is 0 Å². The molecule has 6 nitrogen and oxygen atoms in total. The first-order chi connectivity index (χ1) is 11.2. The van der Waals surface area contributed by atoms with Crippen molar-refractivity contribution in [2.45, 2.75) is 16.3 Å². The van der Waals surface area contributed by atoms with Crippen molar-refractivity contribution in [3.63, 3.8) is 0 Å². The second-order valence-corrected chi connectivity index (χ2v) is 9.71. The molecule has 0 atom stereocenters. The van der Waals surface area contributed by atoms with Gasteiger partial charge in [-0.15, -0.1) is 0 Å². The van der Waals surface area contributed by atoms with Crippen molar-refractivity contribution in [1.29, 1.82) is 0 Å². The molecule has 0 radical (unpaired) electrons.